The summed E-state index contributed by atoms with van der Waals surface area (Å²) in [5, 5.41) is 5.77. The van der Waals surface area contributed by atoms with Gasteiger partial charge in [-0.1, -0.05) is 17.3 Å². The number of nitrogens with one attached hydrogen (secondary N) is 1. The van der Waals surface area contributed by atoms with E-state index >= 15 is 0 Å². The highest BCUT2D eigenvalue weighted by Gasteiger charge is 2.36. The van der Waals surface area contributed by atoms with Gasteiger partial charge in [-0.3, -0.25) is 9.59 Å². The lowest BCUT2D eigenvalue weighted by Gasteiger charge is -2.36. The molecule has 2 atom stereocenters. The topological polar surface area (TPSA) is 148 Å². The van der Waals surface area contributed by atoms with E-state index in [-0.39, 0.29) is 42.0 Å². The van der Waals surface area contributed by atoms with Crippen LogP contribution in [0.15, 0.2) is 28.8 Å². The molecule has 1 aliphatic heterocycles. The quantitative estimate of drug-likeness (QED) is 0.701. The molecule has 29 heavy (non-hydrogen) atoms. The maximum Gasteiger partial charge on any atom is 0.315 e. The van der Waals surface area contributed by atoms with Crippen molar-refractivity contribution in [2.45, 2.75) is 51.1 Å². The average molecular weight is 421 g/mol. The summed E-state index contributed by atoms with van der Waals surface area (Å²) in [4.78, 5) is 26.9. The summed E-state index contributed by atoms with van der Waals surface area (Å²) in [6.45, 7) is 3.89. The Morgan fingerprint density at radius 2 is 1.93 bits per heavy atom. The van der Waals surface area contributed by atoms with Gasteiger partial charge in [0, 0.05) is 18.2 Å². The SMILES string of the molecule is CC1CC[C@H](C)N(Cc2ccc(C(=O)NCc3noc(C(N)=O)n3)cc2)S1(=O)=O. The van der Waals surface area contributed by atoms with Gasteiger partial charge in [-0.05, 0) is 44.4 Å². The summed E-state index contributed by atoms with van der Waals surface area (Å²) < 4.78 is 31.3. The molecule has 3 N–H and O–H groups in total. The number of amides is 2. The number of hydrogen-bond donors (Lipinski definition) is 2. The maximum absolute atomic E-state index is 12.6. The monoisotopic (exact) mass is 421 g/mol. The van der Waals surface area contributed by atoms with Crippen LogP contribution in [0.5, 0.6) is 0 Å². The lowest BCUT2D eigenvalue weighted by molar-refractivity contribution is 0.0944. The zero-order chi connectivity index (χ0) is 21.2. The maximum atomic E-state index is 12.6. The number of carbonyl (C=O) groups is 2. The van der Waals surface area contributed by atoms with Crippen molar-refractivity contribution >= 4 is 21.8 Å². The second kappa shape index (κ2) is 8.29. The van der Waals surface area contributed by atoms with Gasteiger partial charge in [0.1, 0.15) is 0 Å². The number of primary amides is 1. The Morgan fingerprint density at radius 3 is 2.55 bits per heavy atom. The van der Waals surface area contributed by atoms with Gasteiger partial charge < -0.3 is 15.6 Å². The molecule has 10 nitrogen and oxygen atoms in total. The molecule has 1 unspecified atom stereocenters. The van der Waals surface area contributed by atoms with E-state index in [9.17, 15) is 18.0 Å². The number of rotatable bonds is 6. The molecule has 1 saturated heterocycles. The van der Waals surface area contributed by atoms with E-state index in [1.807, 2.05) is 6.92 Å². The lowest BCUT2D eigenvalue weighted by Crippen LogP contribution is -2.47. The van der Waals surface area contributed by atoms with Crippen LogP contribution in [0.25, 0.3) is 0 Å². The molecule has 156 valence electrons. The van der Waals surface area contributed by atoms with Crippen molar-refractivity contribution in [3.05, 3.63) is 47.1 Å². The van der Waals surface area contributed by atoms with Gasteiger partial charge in [-0.25, -0.2) is 8.42 Å². The minimum Gasteiger partial charge on any atom is -0.361 e. The van der Waals surface area contributed by atoms with Crippen LogP contribution in [-0.2, 0) is 23.1 Å². The third-order valence-electron chi connectivity index (χ3n) is 4.96. The summed E-state index contributed by atoms with van der Waals surface area (Å²) in [7, 11) is -3.32. The fourth-order valence-electron chi connectivity index (χ4n) is 3.13. The Kier molecular flexibility index (Phi) is 5.99. The highest BCUT2D eigenvalue weighted by atomic mass is 32.2. The first kappa shape index (κ1) is 20.9. The van der Waals surface area contributed by atoms with Gasteiger partial charge in [0.05, 0.1) is 11.8 Å². The van der Waals surface area contributed by atoms with Crippen molar-refractivity contribution in [2.24, 2.45) is 5.73 Å². The van der Waals surface area contributed by atoms with Crippen LogP contribution in [0.3, 0.4) is 0 Å². The second-order valence-electron chi connectivity index (χ2n) is 7.09. The summed E-state index contributed by atoms with van der Waals surface area (Å²) >= 11 is 0. The number of nitrogens with zero attached hydrogens (tertiary/aromatic N) is 3. The zero-order valence-corrected chi connectivity index (χ0v) is 17.0. The Bertz CT molecular complexity index is 1000. The Balaban J connectivity index is 1.61. The molecule has 0 spiro atoms. The molecule has 2 amide bonds. The minimum atomic E-state index is -3.32. The van der Waals surface area contributed by atoms with Crippen LogP contribution < -0.4 is 11.1 Å². The van der Waals surface area contributed by atoms with Crippen molar-refractivity contribution in [3.63, 3.8) is 0 Å². The van der Waals surface area contributed by atoms with E-state index in [1.54, 1.807) is 31.2 Å². The van der Waals surface area contributed by atoms with Crippen molar-refractivity contribution in [1.29, 1.82) is 0 Å². The first-order valence-corrected chi connectivity index (χ1v) is 10.7. The standard InChI is InChI=1S/C18H23N5O5S/c1-11-3-4-12(2)29(26,27)23(11)10-13-5-7-14(8-6-13)17(25)20-9-15-21-18(16(19)24)28-22-15/h5-8,11-12H,3-4,9-10H2,1-2H3,(H2,19,24)(H,20,25)/t11-,12?/m0/s1. The molecule has 1 aliphatic rings. The fourth-order valence-corrected chi connectivity index (χ4v) is 4.96. The van der Waals surface area contributed by atoms with Crippen LogP contribution in [-0.4, -0.2) is 46.0 Å². The molecular weight excluding hydrogens is 398 g/mol. The normalized spacial score (nSPS) is 21.6. The van der Waals surface area contributed by atoms with Gasteiger partial charge in [0.25, 0.3) is 5.91 Å². The molecule has 0 saturated carbocycles. The smallest absolute Gasteiger partial charge is 0.315 e. The molecule has 0 radical (unpaired) electrons. The summed E-state index contributed by atoms with van der Waals surface area (Å²) in [6, 6.07) is 6.66. The largest absolute Gasteiger partial charge is 0.361 e. The van der Waals surface area contributed by atoms with Gasteiger partial charge in [0.2, 0.25) is 10.0 Å². The molecule has 0 bridgehead atoms. The van der Waals surface area contributed by atoms with Crippen molar-refractivity contribution < 1.29 is 22.5 Å². The zero-order valence-electron chi connectivity index (χ0n) is 16.2. The van der Waals surface area contributed by atoms with Crippen LogP contribution in [0.2, 0.25) is 0 Å². The van der Waals surface area contributed by atoms with Crippen molar-refractivity contribution in [1.82, 2.24) is 19.8 Å². The van der Waals surface area contributed by atoms with Gasteiger partial charge >= 0.3 is 11.8 Å². The predicted molar refractivity (Wildman–Crippen MR) is 103 cm³/mol. The van der Waals surface area contributed by atoms with E-state index in [1.165, 1.54) is 4.31 Å². The van der Waals surface area contributed by atoms with Crippen molar-refractivity contribution in [2.75, 3.05) is 0 Å². The van der Waals surface area contributed by atoms with Gasteiger partial charge in [-0.15, -0.1) is 0 Å². The number of sulfonamides is 1. The molecule has 2 aromatic rings. The molecular formula is C18H23N5O5S. The first-order chi connectivity index (χ1) is 13.7. The fraction of sp³-hybridized carbons (Fsp3) is 0.444. The average Bonchev–Trinajstić information content (AvgIpc) is 3.16. The Hall–Kier alpha value is -2.79. The lowest BCUT2D eigenvalue weighted by atomic mass is 10.1. The van der Waals surface area contributed by atoms with E-state index in [4.69, 9.17) is 5.73 Å². The highest BCUT2D eigenvalue weighted by molar-refractivity contribution is 7.89. The van der Waals surface area contributed by atoms with E-state index in [0.717, 1.165) is 12.0 Å². The third kappa shape index (κ3) is 4.62. The van der Waals surface area contributed by atoms with E-state index < -0.39 is 15.9 Å². The molecule has 0 aliphatic carbocycles. The number of aromatic nitrogens is 2. The molecule has 11 heteroatoms. The number of benzene rings is 1. The first-order valence-electron chi connectivity index (χ1n) is 9.18. The summed E-state index contributed by atoms with van der Waals surface area (Å²) in [5.41, 5.74) is 6.22. The highest BCUT2D eigenvalue weighted by Crippen LogP contribution is 2.27. The predicted octanol–water partition coefficient (Wildman–Crippen LogP) is 0.801. The van der Waals surface area contributed by atoms with Crippen LogP contribution in [0.1, 0.15) is 59.1 Å². The van der Waals surface area contributed by atoms with Gasteiger partial charge in [0.15, 0.2) is 5.82 Å². The van der Waals surface area contributed by atoms with Crippen LogP contribution >= 0.6 is 0 Å². The Morgan fingerprint density at radius 1 is 1.24 bits per heavy atom. The summed E-state index contributed by atoms with van der Waals surface area (Å²) in [5.74, 6) is -1.41. The molecule has 1 aromatic carbocycles. The molecule has 1 aromatic heterocycles. The second-order valence-corrected chi connectivity index (χ2v) is 9.39. The number of hydrogen-bond acceptors (Lipinski definition) is 7. The molecule has 3 rings (SSSR count). The molecule has 1 fully saturated rings. The van der Waals surface area contributed by atoms with E-state index in [0.29, 0.717) is 12.0 Å². The Labute approximate surface area is 168 Å². The number of carbonyl (C=O) groups excluding carboxylic acids is 2. The van der Waals surface area contributed by atoms with Crippen LogP contribution in [0, 0.1) is 0 Å². The summed E-state index contributed by atoms with van der Waals surface area (Å²) in [6.07, 6.45) is 1.49. The van der Waals surface area contributed by atoms with Crippen LogP contribution in [0.4, 0.5) is 0 Å². The minimum absolute atomic E-state index is 0.0290. The van der Waals surface area contributed by atoms with E-state index in [2.05, 4.69) is 20.0 Å². The third-order valence-corrected chi connectivity index (χ3v) is 7.35. The number of nitrogens with two attached hydrogens (primary N) is 1. The molecule has 2 heterocycles. The van der Waals surface area contributed by atoms with Crippen molar-refractivity contribution in [3.8, 4) is 0 Å². The van der Waals surface area contributed by atoms with Gasteiger partial charge in [-0.2, -0.15) is 9.29 Å².